The minimum Gasteiger partial charge on any atom is -0.463 e. The SMILES string of the molecule is CCOC(=O)/C(C)=C/[C@H](C(C)C)N(C)C(=O)[C@@H](NC(=O)[C@@H]1C[C@H](C)CCN1C)C(C)(C)C. The van der Waals surface area contributed by atoms with E-state index in [4.69, 9.17) is 4.74 Å². The predicted molar refractivity (Wildman–Crippen MR) is 128 cm³/mol. The van der Waals surface area contributed by atoms with E-state index in [0.717, 1.165) is 19.4 Å². The molecule has 4 atom stereocenters. The van der Waals surface area contributed by atoms with Gasteiger partial charge in [-0.2, -0.15) is 0 Å². The van der Waals surface area contributed by atoms with E-state index in [1.54, 1.807) is 31.9 Å². The Kier molecular flexibility index (Phi) is 10.4. The second-order valence-electron chi connectivity index (χ2n) is 10.7. The van der Waals surface area contributed by atoms with Gasteiger partial charge in [-0.05, 0) is 57.5 Å². The lowest BCUT2D eigenvalue weighted by Gasteiger charge is -2.40. The van der Waals surface area contributed by atoms with E-state index in [9.17, 15) is 14.4 Å². The number of nitrogens with zero attached hydrogens (tertiary/aromatic N) is 2. The van der Waals surface area contributed by atoms with E-state index >= 15 is 0 Å². The molecule has 0 radical (unpaired) electrons. The highest BCUT2D eigenvalue weighted by Crippen LogP contribution is 2.26. The average Bonchev–Trinajstić information content (AvgIpc) is 2.69. The summed E-state index contributed by atoms with van der Waals surface area (Å²) >= 11 is 0. The maximum absolute atomic E-state index is 13.6. The van der Waals surface area contributed by atoms with Crippen molar-refractivity contribution in [1.82, 2.24) is 15.1 Å². The van der Waals surface area contributed by atoms with Gasteiger partial charge in [0.2, 0.25) is 11.8 Å². The van der Waals surface area contributed by atoms with Crippen molar-refractivity contribution in [1.29, 1.82) is 0 Å². The van der Waals surface area contributed by atoms with E-state index in [2.05, 4.69) is 17.1 Å². The molecule has 184 valence electrons. The third-order valence-electron chi connectivity index (χ3n) is 6.33. The number of hydrogen-bond donors (Lipinski definition) is 1. The van der Waals surface area contributed by atoms with Crippen LogP contribution in [-0.4, -0.2) is 73.0 Å². The smallest absolute Gasteiger partial charge is 0.333 e. The van der Waals surface area contributed by atoms with Crippen LogP contribution in [0.15, 0.2) is 11.6 Å². The zero-order valence-corrected chi connectivity index (χ0v) is 21.8. The standard InChI is InChI=1S/C25H45N3O4/c1-11-32-24(31)18(5)15-19(16(2)3)28(10)23(30)21(25(6,7)8)26-22(29)20-14-17(4)12-13-27(20)9/h15-17,19-21H,11-14H2,1-10H3,(H,26,29)/b18-15+/t17-,19-,20+,21-/m1/s1. The molecule has 1 N–H and O–H groups in total. The first-order valence-corrected chi connectivity index (χ1v) is 11.8. The lowest BCUT2D eigenvalue weighted by atomic mass is 9.84. The van der Waals surface area contributed by atoms with Gasteiger partial charge in [0.25, 0.3) is 0 Å². The number of carbonyl (C=O) groups is 3. The van der Waals surface area contributed by atoms with Crippen LogP contribution >= 0.6 is 0 Å². The molecule has 2 amide bonds. The maximum Gasteiger partial charge on any atom is 0.333 e. The van der Waals surface area contributed by atoms with E-state index in [0.29, 0.717) is 18.1 Å². The lowest BCUT2D eigenvalue weighted by Crippen LogP contribution is -2.60. The Labute approximate surface area is 194 Å². The summed E-state index contributed by atoms with van der Waals surface area (Å²) in [5, 5.41) is 3.06. The van der Waals surface area contributed by atoms with Gasteiger partial charge < -0.3 is 15.0 Å². The molecule has 1 saturated heterocycles. The maximum atomic E-state index is 13.6. The fraction of sp³-hybridized carbons (Fsp3) is 0.800. The highest BCUT2D eigenvalue weighted by Gasteiger charge is 2.39. The van der Waals surface area contributed by atoms with Crippen LogP contribution in [-0.2, 0) is 19.1 Å². The van der Waals surface area contributed by atoms with E-state index in [1.165, 1.54) is 0 Å². The molecule has 0 aromatic rings. The van der Waals surface area contributed by atoms with Crippen LogP contribution in [0.4, 0.5) is 0 Å². The molecule has 1 aliphatic heterocycles. The summed E-state index contributed by atoms with van der Waals surface area (Å²) in [5.74, 6) is -0.0807. The highest BCUT2D eigenvalue weighted by atomic mass is 16.5. The Morgan fingerprint density at radius 3 is 2.34 bits per heavy atom. The quantitative estimate of drug-likeness (QED) is 0.453. The van der Waals surface area contributed by atoms with Gasteiger partial charge in [-0.25, -0.2) is 4.79 Å². The average molecular weight is 452 g/mol. The summed E-state index contributed by atoms with van der Waals surface area (Å²) in [4.78, 5) is 42.6. The highest BCUT2D eigenvalue weighted by molar-refractivity contribution is 5.91. The van der Waals surface area contributed by atoms with Gasteiger partial charge in [0.15, 0.2) is 0 Å². The largest absolute Gasteiger partial charge is 0.463 e. The monoisotopic (exact) mass is 451 g/mol. The van der Waals surface area contributed by atoms with Crippen molar-refractivity contribution in [2.75, 3.05) is 27.2 Å². The van der Waals surface area contributed by atoms with Crippen molar-refractivity contribution >= 4 is 17.8 Å². The van der Waals surface area contributed by atoms with Crippen molar-refractivity contribution in [3.05, 3.63) is 11.6 Å². The molecule has 32 heavy (non-hydrogen) atoms. The molecule has 7 heteroatoms. The summed E-state index contributed by atoms with van der Waals surface area (Å²) in [5.41, 5.74) is 0.000687. The minimum absolute atomic E-state index is 0.0787. The predicted octanol–water partition coefficient (Wildman–Crippen LogP) is 3.24. The summed E-state index contributed by atoms with van der Waals surface area (Å²) in [6.07, 6.45) is 3.66. The molecule has 0 saturated carbocycles. The normalized spacial score (nSPS) is 22.3. The second-order valence-corrected chi connectivity index (χ2v) is 10.7. The molecule has 7 nitrogen and oxygen atoms in total. The molecule has 0 unspecified atom stereocenters. The molecule has 0 aromatic heterocycles. The number of esters is 1. The molecule has 1 heterocycles. The Balaban J connectivity index is 3.12. The molecule has 1 fully saturated rings. The van der Waals surface area contributed by atoms with Gasteiger partial charge >= 0.3 is 5.97 Å². The molecule has 1 aliphatic rings. The number of carbonyl (C=O) groups excluding carboxylic acids is 3. The molecule has 0 aliphatic carbocycles. The van der Waals surface area contributed by atoms with Gasteiger partial charge in [0.05, 0.1) is 18.7 Å². The number of likely N-dealkylation sites (N-methyl/N-ethyl adjacent to an activating group) is 2. The minimum atomic E-state index is -0.678. The van der Waals surface area contributed by atoms with Crippen LogP contribution in [0.25, 0.3) is 0 Å². The van der Waals surface area contributed by atoms with Gasteiger partial charge in [0, 0.05) is 12.6 Å². The lowest BCUT2D eigenvalue weighted by molar-refractivity contribution is -0.142. The van der Waals surface area contributed by atoms with Crippen LogP contribution in [0.5, 0.6) is 0 Å². The van der Waals surface area contributed by atoms with Gasteiger partial charge in [0.1, 0.15) is 6.04 Å². The number of likely N-dealkylation sites (tertiary alicyclic amines) is 1. The Morgan fingerprint density at radius 1 is 1.25 bits per heavy atom. The molecular weight excluding hydrogens is 406 g/mol. The number of nitrogens with one attached hydrogen (secondary N) is 1. The molecular formula is C25H45N3O4. The Hall–Kier alpha value is -1.89. The zero-order valence-electron chi connectivity index (χ0n) is 21.8. The van der Waals surface area contributed by atoms with Gasteiger partial charge in [-0.15, -0.1) is 0 Å². The molecule has 0 aromatic carbocycles. The molecule has 0 bridgehead atoms. The second kappa shape index (κ2) is 11.8. The summed E-state index contributed by atoms with van der Waals surface area (Å²) in [6, 6.07) is -1.21. The van der Waals surface area contributed by atoms with Crippen molar-refractivity contribution < 1.29 is 19.1 Å². The zero-order chi connectivity index (χ0) is 24.8. The van der Waals surface area contributed by atoms with Crippen LogP contribution < -0.4 is 5.32 Å². The van der Waals surface area contributed by atoms with Crippen molar-refractivity contribution in [2.24, 2.45) is 17.3 Å². The van der Waals surface area contributed by atoms with Crippen molar-refractivity contribution in [3.63, 3.8) is 0 Å². The van der Waals surface area contributed by atoms with Gasteiger partial charge in [-0.1, -0.05) is 47.6 Å². The number of piperidine rings is 1. The van der Waals surface area contributed by atoms with Gasteiger partial charge in [-0.3, -0.25) is 14.5 Å². The summed E-state index contributed by atoms with van der Waals surface area (Å²) in [6.45, 7) is 16.7. The molecule has 0 spiro atoms. The summed E-state index contributed by atoms with van der Waals surface area (Å²) in [7, 11) is 3.70. The summed E-state index contributed by atoms with van der Waals surface area (Å²) < 4.78 is 5.09. The van der Waals surface area contributed by atoms with E-state index in [1.807, 2.05) is 41.7 Å². The van der Waals surface area contributed by atoms with Crippen molar-refractivity contribution in [2.45, 2.75) is 86.4 Å². The Bertz CT molecular complexity index is 696. The fourth-order valence-corrected chi connectivity index (χ4v) is 4.12. The number of amides is 2. The third-order valence-corrected chi connectivity index (χ3v) is 6.33. The fourth-order valence-electron chi connectivity index (χ4n) is 4.12. The van der Waals surface area contributed by atoms with Crippen LogP contribution in [0.1, 0.15) is 68.2 Å². The number of rotatable bonds is 8. The van der Waals surface area contributed by atoms with Crippen LogP contribution in [0.2, 0.25) is 0 Å². The first-order chi connectivity index (χ1) is 14.7. The van der Waals surface area contributed by atoms with E-state index < -0.39 is 11.5 Å². The Morgan fingerprint density at radius 2 is 1.84 bits per heavy atom. The molecule has 1 rings (SSSR count). The van der Waals surface area contributed by atoms with E-state index in [-0.39, 0.29) is 35.8 Å². The first kappa shape index (κ1) is 28.1. The van der Waals surface area contributed by atoms with Crippen LogP contribution in [0, 0.1) is 17.3 Å². The topological polar surface area (TPSA) is 79.0 Å². The number of ether oxygens (including phenoxy) is 1. The van der Waals surface area contributed by atoms with Crippen molar-refractivity contribution in [3.8, 4) is 0 Å². The number of hydrogen-bond acceptors (Lipinski definition) is 5. The first-order valence-electron chi connectivity index (χ1n) is 11.8. The third kappa shape index (κ3) is 7.61. The van der Waals surface area contributed by atoms with Crippen LogP contribution in [0.3, 0.4) is 0 Å².